The van der Waals surface area contributed by atoms with Crippen LogP contribution < -0.4 is 0 Å². The Morgan fingerprint density at radius 3 is 2.44 bits per heavy atom. The summed E-state index contributed by atoms with van der Waals surface area (Å²) in [6.07, 6.45) is 0.534. The molecule has 0 saturated carbocycles. The third kappa shape index (κ3) is 0.906. The van der Waals surface area contributed by atoms with Crippen LogP contribution in [0.4, 0.5) is 0 Å². The number of carbonyl (C=O) groups excluding carboxylic acids is 1. The number of hydrogen-bond acceptors (Lipinski definition) is 3. The van der Waals surface area contributed by atoms with E-state index in [2.05, 4.69) is 0 Å². The van der Waals surface area contributed by atoms with Gasteiger partial charge in [-0.2, -0.15) is 5.06 Å². The Morgan fingerprint density at radius 2 is 2.33 bits per heavy atom. The SMILES string of the molecule is CC1(O)CCC(=O)N1O. The molecule has 9 heavy (non-hydrogen) atoms. The van der Waals surface area contributed by atoms with Gasteiger partial charge >= 0.3 is 0 Å². The van der Waals surface area contributed by atoms with Gasteiger partial charge in [-0.3, -0.25) is 10.0 Å². The quantitative estimate of drug-likeness (QED) is 0.444. The van der Waals surface area contributed by atoms with Gasteiger partial charge < -0.3 is 5.11 Å². The standard InChI is InChI=1S/C5H9NO3/c1-5(8)3-2-4(7)6(5)9/h8-9H,2-3H2,1H3. The smallest absolute Gasteiger partial charge is 0.248 e. The van der Waals surface area contributed by atoms with Gasteiger partial charge in [-0.15, -0.1) is 0 Å². The van der Waals surface area contributed by atoms with E-state index >= 15 is 0 Å². The average Bonchev–Trinajstić information content (AvgIpc) is 1.97. The largest absolute Gasteiger partial charge is 0.369 e. The molecule has 1 heterocycles. The number of aliphatic hydroxyl groups is 1. The van der Waals surface area contributed by atoms with Gasteiger partial charge in [-0.25, -0.2) is 0 Å². The molecule has 1 unspecified atom stereocenters. The third-order valence-corrected chi connectivity index (χ3v) is 1.51. The van der Waals surface area contributed by atoms with Crippen LogP contribution in [0.15, 0.2) is 0 Å². The number of amides is 1. The average molecular weight is 131 g/mol. The van der Waals surface area contributed by atoms with E-state index in [1.54, 1.807) is 0 Å². The second-order valence-electron chi connectivity index (χ2n) is 2.42. The van der Waals surface area contributed by atoms with Gasteiger partial charge in [-0.05, 0) is 6.92 Å². The van der Waals surface area contributed by atoms with Crippen molar-refractivity contribution in [2.24, 2.45) is 0 Å². The van der Waals surface area contributed by atoms with Gasteiger partial charge in [0.05, 0.1) is 0 Å². The van der Waals surface area contributed by atoms with Crippen LogP contribution in [-0.4, -0.2) is 27.0 Å². The maximum absolute atomic E-state index is 10.5. The number of rotatable bonds is 0. The first-order valence-corrected chi connectivity index (χ1v) is 2.78. The van der Waals surface area contributed by atoms with Crippen molar-refractivity contribution in [3.8, 4) is 0 Å². The third-order valence-electron chi connectivity index (χ3n) is 1.51. The predicted molar refractivity (Wildman–Crippen MR) is 28.5 cm³/mol. The molecule has 2 N–H and O–H groups in total. The Kier molecular flexibility index (Phi) is 1.22. The molecule has 0 bridgehead atoms. The van der Waals surface area contributed by atoms with Crippen LogP contribution in [0, 0.1) is 0 Å². The maximum atomic E-state index is 10.5. The molecule has 0 aromatic rings. The molecule has 1 fully saturated rings. The Labute approximate surface area is 52.7 Å². The minimum atomic E-state index is -1.34. The van der Waals surface area contributed by atoms with Crippen molar-refractivity contribution >= 4 is 5.91 Å². The summed E-state index contributed by atoms with van der Waals surface area (Å²) in [6, 6.07) is 0. The molecule has 1 rings (SSSR count). The summed E-state index contributed by atoms with van der Waals surface area (Å²) in [4.78, 5) is 10.5. The fourth-order valence-electron chi connectivity index (χ4n) is 0.824. The summed E-state index contributed by atoms with van der Waals surface area (Å²) in [6.45, 7) is 1.40. The molecular formula is C5H9NO3. The van der Waals surface area contributed by atoms with E-state index in [-0.39, 0.29) is 6.42 Å². The highest BCUT2D eigenvalue weighted by Crippen LogP contribution is 2.24. The second kappa shape index (κ2) is 1.68. The first-order chi connectivity index (χ1) is 4.04. The zero-order chi connectivity index (χ0) is 7.07. The molecule has 0 radical (unpaired) electrons. The van der Waals surface area contributed by atoms with Crippen molar-refractivity contribution in [3.63, 3.8) is 0 Å². The van der Waals surface area contributed by atoms with Crippen LogP contribution in [-0.2, 0) is 4.79 Å². The van der Waals surface area contributed by atoms with Crippen molar-refractivity contribution in [1.29, 1.82) is 0 Å². The summed E-state index contributed by atoms with van der Waals surface area (Å²) in [5.41, 5.74) is -1.34. The van der Waals surface area contributed by atoms with Crippen molar-refractivity contribution in [3.05, 3.63) is 0 Å². The molecule has 0 spiro atoms. The Balaban J connectivity index is 2.73. The van der Waals surface area contributed by atoms with Crippen LogP contribution in [0.3, 0.4) is 0 Å². The van der Waals surface area contributed by atoms with Gasteiger partial charge in [0.15, 0.2) is 5.72 Å². The van der Waals surface area contributed by atoms with Gasteiger partial charge in [0, 0.05) is 12.8 Å². The highest BCUT2D eigenvalue weighted by Gasteiger charge is 2.38. The molecule has 0 aromatic heterocycles. The summed E-state index contributed by atoms with van der Waals surface area (Å²) in [5.74, 6) is -0.417. The molecule has 1 atom stereocenters. The van der Waals surface area contributed by atoms with E-state index in [0.717, 1.165) is 0 Å². The lowest BCUT2D eigenvalue weighted by Crippen LogP contribution is -2.40. The molecule has 1 saturated heterocycles. The lowest BCUT2D eigenvalue weighted by Gasteiger charge is -2.22. The van der Waals surface area contributed by atoms with Crippen LogP contribution in [0.2, 0.25) is 0 Å². The van der Waals surface area contributed by atoms with Crippen LogP contribution in [0.25, 0.3) is 0 Å². The first kappa shape index (κ1) is 6.51. The highest BCUT2D eigenvalue weighted by atomic mass is 16.6. The number of nitrogens with zero attached hydrogens (tertiary/aromatic N) is 1. The zero-order valence-electron chi connectivity index (χ0n) is 5.16. The molecule has 1 amide bonds. The van der Waals surface area contributed by atoms with E-state index < -0.39 is 11.6 Å². The molecule has 0 aromatic carbocycles. The number of hydroxylamine groups is 2. The molecule has 1 aliphatic heterocycles. The Morgan fingerprint density at radius 1 is 1.78 bits per heavy atom. The van der Waals surface area contributed by atoms with Gasteiger partial charge in [0.2, 0.25) is 5.91 Å². The zero-order valence-corrected chi connectivity index (χ0v) is 5.16. The molecule has 52 valence electrons. The molecule has 1 aliphatic rings. The van der Waals surface area contributed by atoms with Gasteiger partial charge in [0.25, 0.3) is 0 Å². The fourth-order valence-corrected chi connectivity index (χ4v) is 0.824. The molecule has 4 nitrogen and oxygen atoms in total. The first-order valence-electron chi connectivity index (χ1n) is 2.78. The summed E-state index contributed by atoms with van der Waals surface area (Å²) in [5, 5.41) is 18.2. The summed E-state index contributed by atoms with van der Waals surface area (Å²) in [7, 11) is 0. The van der Waals surface area contributed by atoms with Crippen molar-refractivity contribution in [2.45, 2.75) is 25.5 Å². The molecular weight excluding hydrogens is 122 g/mol. The van der Waals surface area contributed by atoms with E-state index in [9.17, 15) is 4.79 Å². The minimum Gasteiger partial charge on any atom is -0.369 e. The second-order valence-corrected chi connectivity index (χ2v) is 2.42. The van der Waals surface area contributed by atoms with E-state index in [1.165, 1.54) is 6.92 Å². The predicted octanol–water partition coefficient (Wildman–Crippen LogP) is -0.294. The monoisotopic (exact) mass is 131 g/mol. The Hall–Kier alpha value is -0.610. The van der Waals surface area contributed by atoms with Crippen molar-refractivity contribution in [1.82, 2.24) is 5.06 Å². The fraction of sp³-hybridized carbons (Fsp3) is 0.800. The van der Waals surface area contributed by atoms with Crippen LogP contribution in [0.5, 0.6) is 0 Å². The lowest BCUT2D eigenvalue weighted by atomic mass is 10.2. The Bertz CT molecular complexity index is 143. The van der Waals surface area contributed by atoms with Crippen molar-refractivity contribution in [2.75, 3.05) is 0 Å². The van der Waals surface area contributed by atoms with Crippen LogP contribution >= 0.6 is 0 Å². The molecule has 0 aliphatic carbocycles. The van der Waals surface area contributed by atoms with Crippen LogP contribution in [0.1, 0.15) is 19.8 Å². The number of carbonyl (C=O) groups is 1. The highest BCUT2D eigenvalue weighted by molar-refractivity contribution is 5.77. The summed E-state index contributed by atoms with van der Waals surface area (Å²) < 4.78 is 0. The maximum Gasteiger partial charge on any atom is 0.248 e. The van der Waals surface area contributed by atoms with Gasteiger partial charge in [0.1, 0.15) is 0 Å². The minimum absolute atomic E-state index is 0.226. The normalized spacial score (nSPS) is 35.9. The number of hydrogen-bond donors (Lipinski definition) is 2. The lowest BCUT2D eigenvalue weighted by molar-refractivity contribution is -0.226. The molecule has 4 heteroatoms. The topological polar surface area (TPSA) is 60.8 Å². The van der Waals surface area contributed by atoms with Crippen molar-refractivity contribution < 1.29 is 15.1 Å². The van der Waals surface area contributed by atoms with Gasteiger partial charge in [-0.1, -0.05) is 0 Å². The summed E-state index contributed by atoms with van der Waals surface area (Å²) >= 11 is 0. The van der Waals surface area contributed by atoms with E-state index in [0.29, 0.717) is 11.5 Å². The van der Waals surface area contributed by atoms with E-state index in [4.69, 9.17) is 10.3 Å². The van der Waals surface area contributed by atoms with E-state index in [1.807, 2.05) is 0 Å².